The highest BCUT2D eigenvalue weighted by atomic mass is 16.6. The Hall–Kier alpha value is -3.05. The Labute approximate surface area is 181 Å². The molecule has 8 nitrogen and oxygen atoms in total. The lowest BCUT2D eigenvalue weighted by Gasteiger charge is -2.41. The van der Waals surface area contributed by atoms with Gasteiger partial charge in [0.15, 0.2) is 6.04 Å². The number of aromatic nitrogens is 1. The summed E-state index contributed by atoms with van der Waals surface area (Å²) in [7, 11) is 0. The molecule has 166 valence electrons. The van der Waals surface area contributed by atoms with E-state index >= 15 is 0 Å². The lowest BCUT2D eigenvalue weighted by molar-refractivity contribution is -0.156. The van der Waals surface area contributed by atoms with Gasteiger partial charge >= 0.3 is 12.1 Å². The fourth-order valence-electron chi connectivity index (χ4n) is 4.36. The first-order valence-corrected chi connectivity index (χ1v) is 10.4. The molecule has 2 atom stereocenters. The number of carboxylic acids is 1. The third-order valence-electron chi connectivity index (χ3n) is 5.52. The van der Waals surface area contributed by atoms with Gasteiger partial charge < -0.3 is 24.9 Å². The number of aryl methyl sites for hydroxylation is 1. The number of nitriles is 1. The van der Waals surface area contributed by atoms with Gasteiger partial charge in [-0.15, -0.1) is 0 Å². The van der Waals surface area contributed by atoms with Crippen LogP contribution < -0.4 is 5.32 Å². The van der Waals surface area contributed by atoms with Crippen molar-refractivity contribution in [3.8, 4) is 6.07 Å². The fraction of sp³-hybridized carbons (Fsp3) is 0.522. The van der Waals surface area contributed by atoms with E-state index < -0.39 is 29.3 Å². The Morgan fingerprint density at radius 2 is 2.13 bits per heavy atom. The van der Waals surface area contributed by atoms with E-state index in [1.54, 1.807) is 26.8 Å². The first-order chi connectivity index (χ1) is 14.5. The van der Waals surface area contributed by atoms with Gasteiger partial charge in [-0.2, -0.15) is 5.26 Å². The van der Waals surface area contributed by atoms with Crippen molar-refractivity contribution in [3.63, 3.8) is 0 Å². The van der Waals surface area contributed by atoms with Gasteiger partial charge in [-0.1, -0.05) is 19.4 Å². The topological polar surface area (TPSA) is 124 Å². The van der Waals surface area contributed by atoms with Crippen LogP contribution in [0.5, 0.6) is 0 Å². The number of benzene rings is 1. The van der Waals surface area contributed by atoms with Gasteiger partial charge in [0.2, 0.25) is 0 Å². The van der Waals surface area contributed by atoms with Gasteiger partial charge in [0.05, 0.1) is 29.5 Å². The predicted octanol–water partition coefficient (Wildman–Crippen LogP) is 3.89. The Morgan fingerprint density at radius 3 is 2.71 bits per heavy atom. The molecule has 0 bridgehead atoms. The van der Waals surface area contributed by atoms with E-state index in [2.05, 4.69) is 16.4 Å². The minimum atomic E-state index is -1.37. The molecule has 0 saturated carbocycles. The van der Waals surface area contributed by atoms with Crippen LogP contribution >= 0.6 is 0 Å². The highest BCUT2D eigenvalue weighted by Gasteiger charge is 2.51. The molecule has 31 heavy (non-hydrogen) atoms. The van der Waals surface area contributed by atoms with Crippen molar-refractivity contribution in [1.82, 2.24) is 10.3 Å². The number of fused-ring (bicyclic) bond motifs is 3. The molecule has 3 N–H and O–H groups in total. The Morgan fingerprint density at radius 1 is 1.42 bits per heavy atom. The fourth-order valence-corrected chi connectivity index (χ4v) is 4.36. The first-order valence-electron chi connectivity index (χ1n) is 10.4. The molecule has 2 heterocycles. The highest BCUT2D eigenvalue weighted by Crippen LogP contribution is 2.44. The van der Waals surface area contributed by atoms with E-state index in [9.17, 15) is 20.0 Å². The van der Waals surface area contributed by atoms with E-state index in [4.69, 9.17) is 9.47 Å². The number of carbonyl (C=O) groups excluding carboxylic acids is 1. The maximum Gasteiger partial charge on any atom is 0.408 e. The number of H-pyrrole nitrogens is 1. The number of aliphatic carboxylic acids is 1. The summed E-state index contributed by atoms with van der Waals surface area (Å²) in [6.45, 7) is 9.27. The molecule has 1 aromatic carbocycles. The molecule has 0 radical (unpaired) electrons. The Bertz CT molecular complexity index is 1060. The van der Waals surface area contributed by atoms with Gasteiger partial charge in [-0.3, -0.25) is 0 Å². The molecule has 1 aliphatic heterocycles. The van der Waals surface area contributed by atoms with Crippen molar-refractivity contribution in [1.29, 1.82) is 5.26 Å². The Balaban J connectivity index is 2.20. The van der Waals surface area contributed by atoms with E-state index in [0.29, 0.717) is 30.5 Å². The standard InChI is InChI=1S/C23H29N3O5/c1-6-10-23(19(20(27)28)26-21(29)31-22(3,4)5)18-15(9-11-30-23)16-14(12-24)8-7-13(2)17(16)25-18/h7-8,19,25H,6,9-11H2,1-5H3,(H,26,29)(H,27,28)/t19-,23+/m1/s1. The zero-order chi connectivity index (χ0) is 23.0. The molecule has 0 unspecified atom stereocenters. The minimum Gasteiger partial charge on any atom is -0.480 e. The summed E-state index contributed by atoms with van der Waals surface area (Å²) in [5, 5.41) is 23.1. The van der Waals surface area contributed by atoms with E-state index in [0.717, 1.165) is 22.0 Å². The number of carboxylic acid groups (broad SMARTS) is 1. The number of alkyl carbamates (subject to hydrolysis) is 1. The number of ether oxygens (including phenoxy) is 2. The van der Waals surface area contributed by atoms with Gasteiger partial charge in [0.1, 0.15) is 11.2 Å². The van der Waals surface area contributed by atoms with Gasteiger partial charge in [-0.05, 0) is 57.7 Å². The molecule has 1 aliphatic rings. The van der Waals surface area contributed by atoms with Crippen molar-refractivity contribution < 1.29 is 24.2 Å². The molecule has 0 spiro atoms. The van der Waals surface area contributed by atoms with Crippen LogP contribution in [0.2, 0.25) is 0 Å². The summed E-state index contributed by atoms with van der Waals surface area (Å²) in [4.78, 5) is 28.2. The lowest BCUT2D eigenvalue weighted by atomic mass is 9.81. The van der Waals surface area contributed by atoms with Crippen molar-refractivity contribution in [2.45, 2.75) is 71.1 Å². The zero-order valence-corrected chi connectivity index (χ0v) is 18.6. The zero-order valence-electron chi connectivity index (χ0n) is 18.6. The van der Waals surface area contributed by atoms with E-state index in [-0.39, 0.29) is 6.61 Å². The van der Waals surface area contributed by atoms with Crippen molar-refractivity contribution in [2.75, 3.05) is 6.61 Å². The minimum absolute atomic E-state index is 0.276. The maximum atomic E-state index is 12.5. The third-order valence-corrected chi connectivity index (χ3v) is 5.52. The summed E-state index contributed by atoms with van der Waals surface area (Å²) in [5.41, 5.74) is 1.64. The predicted molar refractivity (Wildman–Crippen MR) is 115 cm³/mol. The number of nitrogens with zero attached hydrogens (tertiary/aromatic N) is 1. The first kappa shape index (κ1) is 22.6. The van der Waals surface area contributed by atoms with Crippen molar-refractivity contribution in [2.24, 2.45) is 0 Å². The van der Waals surface area contributed by atoms with Crippen LogP contribution in [-0.2, 0) is 26.3 Å². The van der Waals surface area contributed by atoms with E-state index in [1.807, 2.05) is 19.9 Å². The smallest absolute Gasteiger partial charge is 0.408 e. The van der Waals surface area contributed by atoms with Crippen LogP contribution in [-0.4, -0.2) is 40.4 Å². The number of hydrogen-bond acceptors (Lipinski definition) is 5. The molecule has 0 fully saturated rings. The average molecular weight is 428 g/mol. The largest absolute Gasteiger partial charge is 0.480 e. The summed E-state index contributed by atoms with van der Waals surface area (Å²) in [6.07, 6.45) is 0.702. The molecule has 1 amide bonds. The molecular weight excluding hydrogens is 398 g/mol. The quantitative estimate of drug-likeness (QED) is 0.665. The second kappa shape index (κ2) is 8.23. The molecule has 8 heteroatoms. The van der Waals surface area contributed by atoms with Gasteiger partial charge in [-0.25, -0.2) is 9.59 Å². The molecule has 0 aliphatic carbocycles. The van der Waals surface area contributed by atoms with Gasteiger partial charge in [0.25, 0.3) is 0 Å². The number of hydrogen-bond donors (Lipinski definition) is 3. The molecule has 3 rings (SSSR count). The average Bonchev–Trinajstić information content (AvgIpc) is 3.07. The van der Waals surface area contributed by atoms with Crippen LogP contribution in [0.4, 0.5) is 4.79 Å². The van der Waals surface area contributed by atoms with Crippen LogP contribution in [0.1, 0.15) is 62.9 Å². The molecular formula is C23H29N3O5. The maximum absolute atomic E-state index is 12.5. The van der Waals surface area contributed by atoms with Crippen molar-refractivity contribution >= 4 is 23.0 Å². The summed E-state index contributed by atoms with van der Waals surface area (Å²) < 4.78 is 11.5. The number of aromatic amines is 1. The van der Waals surface area contributed by atoms with Gasteiger partial charge in [0, 0.05) is 5.39 Å². The number of nitrogens with one attached hydrogen (secondary N) is 2. The summed E-state index contributed by atoms with van der Waals surface area (Å²) in [6, 6.07) is 4.50. The molecule has 1 aromatic heterocycles. The molecule has 2 aromatic rings. The van der Waals surface area contributed by atoms with Crippen LogP contribution in [0.25, 0.3) is 10.9 Å². The number of amides is 1. The normalized spacial score (nSPS) is 19.4. The third kappa shape index (κ3) is 4.10. The van der Waals surface area contributed by atoms with Crippen LogP contribution in [0, 0.1) is 18.3 Å². The summed E-state index contributed by atoms with van der Waals surface area (Å²) >= 11 is 0. The van der Waals surface area contributed by atoms with E-state index in [1.165, 1.54) is 0 Å². The SMILES string of the molecule is CCC[C@]1([C@H](NC(=O)OC(C)(C)C)C(=O)O)OCCc2c1[nH]c1c(C)ccc(C#N)c21. The van der Waals surface area contributed by atoms with Crippen molar-refractivity contribution in [3.05, 3.63) is 34.5 Å². The summed E-state index contributed by atoms with van der Waals surface area (Å²) in [5.74, 6) is -1.22. The highest BCUT2D eigenvalue weighted by molar-refractivity contribution is 5.93. The number of rotatable bonds is 5. The monoisotopic (exact) mass is 427 g/mol. The van der Waals surface area contributed by atoms with Crippen LogP contribution in [0.15, 0.2) is 12.1 Å². The second-order valence-electron chi connectivity index (χ2n) is 8.93. The molecule has 0 saturated heterocycles. The lowest BCUT2D eigenvalue weighted by Crippen LogP contribution is -2.58. The Kier molecular flexibility index (Phi) is 6.01. The number of carbonyl (C=O) groups is 2. The van der Waals surface area contributed by atoms with Crippen LogP contribution in [0.3, 0.4) is 0 Å². The second-order valence-corrected chi connectivity index (χ2v) is 8.93.